The van der Waals surface area contributed by atoms with Crippen LogP contribution >= 0.6 is 23.7 Å². The van der Waals surface area contributed by atoms with Gasteiger partial charge in [0.25, 0.3) is 5.78 Å². The van der Waals surface area contributed by atoms with Crippen LogP contribution in [0.1, 0.15) is 39.5 Å². The van der Waals surface area contributed by atoms with Crippen LogP contribution in [-0.2, 0) is 9.59 Å². The molecule has 0 radical (unpaired) electrons. The smallest absolute Gasteiger partial charge is 0.301 e. The van der Waals surface area contributed by atoms with Crippen molar-refractivity contribution < 1.29 is 29.3 Å². The molecule has 176 valence electrons. The quantitative estimate of drug-likeness (QED) is 0.230. The summed E-state index contributed by atoms with van der Waals surface area (Å²) in [6, 6.07) is 11.4. The van der Waals surface area contributed by atoms with Gasteiger partial charge in [0.1, 0.15) is 17.3 Å². The van der Waals surface area contributed by atoms with Crippen LogP contribution in [0.25, 0.3) is 5.76 Å². The van der Waals surface area contributed by atoms with Gasteiger partial charge in [-0.1, -0.05) is 23.5 Å². The number of aliphatic hydroxyl groups excluding tert-OH is 1. The highest BCUT2D eigenvalue weighted by Crippen LogP contribution is 2.44. The van der Waals surface area contributed by atoms with Crippen molar-refractivity contribution in [3.63, 3.8) is 0 Å². The number of Topliss-reactive ketones (excluding diaryl/α,β-unsaturated/α-hetero) is 2. The third-order valence-electron chi connectivity index (χ3n) is 5.33. The Bertz CT molecular complexity index is 1300. The lowest BCUT2D eigenvalue weighted by atomic mass is 9.95. The third-order valence-corrected chi connectivity index (χ3v) is 6.59. The number of thiazole rings is 1. The number of carbonyl (C=O) groups is 3. The Morgan fingerprint density at radius 3 is 2.24 bits per heavy atom. The zero-order valence-electron chi connectivity index (χ0n) is 18.4. The summed E-state index contributed by atoms with van der Waals surface area (Å²) in [5, 5.41) is 21.0. The molecule has 1 unspecified atom stereocenters. The molecule has 1 aliphatic heterocycles. The molecule has 1 amide bonds. The number of benzene rings is 2. The number of halogens is 1. The van der Waals surface area contributed by atoms with Crippen molar-refractivity contribution in [1.29, 1.82) is 0 Å². The zero-order valence-corrected chi connectivity index (χ0v) is 20.1. The second-order valence-electron chi connectivity index (χ2n) is 7.46. The number of aromatic nitrogens is 1. The molecular weight excluding hydrogens is 480 g/mol. The topological polar surface area (TPSA) is 117 Å². The minimum absolute atomic E-state index is 0. The Labute approximate surface area is 205 Å². The molecule has 8 nitrogen and oxygen atoms in total. The number of nitrogens with zero attached hydrogens (tertiary/aromatic N) is 2. The highest BCUT2D eigenvalue weighted by atomic mass is 35.5. The third kappa shape index (κ3) is 4.27. The van der Waals surface area contributed by atoms with Gasteiger partial charge in [-0.05, 0) is 48.9 Å². The van der Waals surface area contributed by atoms with E-state index in [1.54, 1.807) is 43.3 Å². The van der Waals surface area contributed by atoms with Gasteiger partial charge in [-0.25, -0.2) is 4.98 Å². The Kier molecular flexibility index (Phi) is 7.09. The van der Waals surface area contributed by atoms with Crippen LogP contribution in [0, 0.1) is 6.92 Å². The molecule has 2 aromatic carbocycles. The van der Waals surface area contributed by atoms with Crippen LogP contribution in [0.5, 0.6) is 11.5 Å². The van der Waals surface area contributed by atoms with Gasteiger partial charge in [0.05, 0.1) is 29.3 Å². The normalized spacial score (nSPS) is 16.9. The molecule has 2 heterocycles. The Balaban J connectivity index is 0.00000324. The van der Waals surface area contributed by atoms with E-state index in [2.05, 4.69) is 4.98 Å². The van der Waals surface area contributed by atoms with Gasteiger partial charge in [-0.3, -0.25) is 19.3 Å². The zero-order chi connectivity index (χ0) is 23.9. The maximum absolute atomic E-state index is 13.1. The summed E-state index contributed by atoms with van der Waals surface area (Å²) < 4.78 is 5.14. The first-order chi connectivity index (χ1) is 15.7. The summed E-state index contributed by atoms with van der Waals surface area (Å²) in [6.45, 7) is 3.06. The standard InChI is InChI=1S/C24H20N2O6S.ClH/c1-12-22(13(2)27)33-24(25-12)26-19(14-4-8-16(28)9-5-14)18(21(30)23(26)31)20(29)15-6-10-17(32-3)11-7-15;/h4-11,19,28-29H,1-3H3;1H/b20-18+;. The van der Waals surface area contributed by atoms with Gasteiger partial charge in [0.15, 0.2) is 10.9 Å². The predicted molar refractivity (Wildman–Crippen MR) is 130 cm³/mol. The summed E-state index contributed by atoms with van der Waals surface area (Å²) in [5.41, 5.74) is 1.15. The largest absolute Gasteiger partial charge is 0.508 e. The van der Waals surface area contributed by atoms with E-state index in [0.717, 1.165) is 11.3 Å². The maximum atomic E-state index is 13.1. The van der Waals surface area contributed by atoms with Gasteiger partial charge in [-0.15, -0.1) is 12.4 Å². The molecule has 0 spiro atoms. The van der Waals surface area contributed by atoms with E-state index in [-0.39, 0.29) is 40.4 Å². The summed E-state index contributed by atoms with van der Waals surface area (Å²) in [5.74, 6) is -1.72. The molecule has 10 heteroatoms. The van der Waals surface area contributed by atoms with E-state index in [4.69, 9.17) is 4.74 Å². The number of hydrogen-bond donors (Lipinski definition) is 2. The number of hydrogen-bond acceptors (Lipinski definition) is 8. The van der Waals surface area contributed by atoms with Crippen molar-refractivity contribution in [2.24, 2.45) is 0 Å². The lowest BCUT2D eigenvalue weighted by Crippen LogP contribution is -2.29. The van der Waals surface area contributed by atoms with E-state index >= 15 is 0 Å². The monoisotopic (exact) mass is 500 g/mol. The number of rotatable bonds is 5. The number of ether oxygens (including phenoxy) is 1. The predicted octanol–water partition coefficient (Wildman–Crippen LogP) is 4.42. The molecule has 0 saturated carbocycles. The number of carbonyl (C=O) groups excluding carboxylic acids is 3. The van der Waals surface area contributed by atoms with Crippen molar-refractivity contribution in [1.82, 2.24) is 4.98 Å². The first-order valence-electron chi connectivity index (χ1n) is 9.95. The fourth-order valence-electron chi connectivity index (χ4n) is 3.72. The van der Waals surface area contributed by atoms with E-state index in [1.165, 1.54) is 31.1 Å². The van der Waals surface area contributed by atoms with E-state index in [0.29, 0.717) is 27.4 Å². The SMILES string of the molecule is COc1ccc(/C(O)=C2\C(=O)C(=O)N(c3nc(C)c(C(C)=O)s3)C2c2ccc(O)cc2)cc1.Cl. The summed E-state index contributed by atoms with van der Waals surface area (Å²) >= 11 is 1.01. The molecule has 0 bridgehead atoms. The van der Waals surface area contributed by atoms with Crippen LogP contribution in [0.2, 0.25) is 0 Å². The van der Waals surface area contributed by atoms with Crippen molar-refractivity contribution in [3.05, 3.63) is 75.8 Å². The second kappa shape index (κ2) is 9.66. The molecule has 1 fully saturated rings. The van der Waals surface area contributed by atoms with Crippen LogP contribution < -0.4 is 9.64 Å². The average molecular weight is 501 g/mol. The van der Waals surface area contributed by atoms with E-state index < -0.39 is 17.7 Å². The van der Waals surface area contributed by atoms with Gasteiger partial charge in [0.2, 0.25) is 0 Å². The van der Waals surface area contributed by atoms with Crippen molar-refractivity contribution in [2.75, 3.05) is 12.0 Å². The van der Waals surface area contributed by atoms with Crippen molar-refractivity contribution in [2.45, 2.75) is 19.9 Å². The number of methoxy groups -OCH3 is 1. The van der Waals surface area contributed by atoms with E-state index in [1.807, 2.05) is 0 Å². The number of aryl methyl sites for hydroxylation is 1. The van der Waals surface area contributed by atoms with Crippen molar-refractivity contribution in [3.8, 4) is 11.5 Å². The number of phenols is 1. The molecule has 1 aliphatic rings. The fourth-order valence-corrected chi connectivity index (χ4v) is 4.71. The molecule has 1 saturated heterocycles. The molecule has 0 aliphatic carbocycles. The van der Waals surface area contributed by atoms with Crippen LogP contribution in [0.3, 0.4) is 0 Å². The highest BCUT2D eigenvalue weighted by molar-refractivity contribution is 7.18. The number of amides is 1. The summed E-state index contributed by atoms with van der Waals surface area (Å²) in [7, 11) is 1.51. The Hall–Kier alpha value is -3.69. The molecule has 2 N–H and O–H groups in total. The second-order valence-corrected chi connectivity index (χ2v) is 8.43. The first-order valence-corrected chi connectivity index (χ1v) is 10.8. The van der Waals surface area contributed by atoms with Crippen molar-refractivity contribution >= 4 is 52.1 Å². The lowest BCUT2D eigenvalue weighted by molar-refractivity contribution is -0.132. The van der Waals surface area contributed by atoms with Gasteiger partial charge >= 0.3 is 5.91 Å². The number of ketones is 2. The maximum Gasteiger partial charge on any atom is 0.301 e. The average Bonchev–Trinajstić information content (AvgIpc) is 3.31. The Morgan fingerprint density at radius 2 is 1.71 bits per heavy atom. The first kappa shape index (κ1) is 24.9. The highest BCUT2D eigenvalue weighted by Gasteiger charge is 2.48. The molecule has 4 rings (SSSR count). The van der Waals surface area contributed by atoms with Crippen LogP contribution in [-0.4, -0.2) is 39.8 Å². The number of aromatic hydroxyl groups is 1. The molecule has 34 heavy (non-hydrogen) atoms. The molecular formula is C24H21ClN2O6S. The number of phenolic OH excluding ortho intramolecular Hbond substituents is 1. The van der Waals surface area contributed by atoms with Gasteiger partial charge in [-0.2, -0.15) is 0 Å². The summed E-state index contributed by atoms with van der Waals surface area (Å²) in [4.78, 5) is 44.1. The molecule has 1 atom stereocenters. The van der Waals surface area contributed by atoms with Gasteiger partial charge < -0.3 is 14.9 Å². The van der Waals surface area contributed by atoms with E-state index in [9.17, 15) is 24.6 Å². The number of anilines is 1. The molecule has 3 aromatic rings. The molecule has 1 aromatic heterocycles. The Morgan fingerprint density at radius 1 is 1.09 bits per heavy atom. The number of aliphatic hydroxyl groups is 1. The van der Waals surface area contributed by atoms with Gasteiger partial charge in [0, 0.05) is 12.5 Å². The van der Waals surface area contributed by atoms with Crippen LogP contribution in [0.15, 0.2) is 54.1 Å². The fraction of sp³-hybridized carbons (Fsp3) is 0.167. The minimum atomic E-state index is -1.00. The van der Waals surface area contributed by atoms with Crippen LogP contribution in [0.4, 0.5) is 5.13 Å². The minimum Gasteiger partial charge on any atom is -0.508 e. The lowest BCUT2D eigenvalue weighted by Gasteiger charge is -2.23. The summed E-state index contributed by atoms with van der Waals surface area (Å²) in [6.07, 6.45) is 0.